The molecule has 0 saturated carbocycles. The van der Waals surface area contributed by atoms with E-state index in [1.165, 1.54) is 0 Å². The summed E-state index contributed by atoms with van der Waals surface area (Å²) >= 11 is 0. The van der Waals surface area contributed by atoms with E-state index in [1.807, 2.05) is 0 Å². The van der Waals surface area contributed by atoms with Gasteiger partial charge in [0.2, 0.25) is 0 Å². The van der Waals surface area contributed by atoms with Crippen molar-refractivity contribution >= 4 is 10.1 Å². The molecule has 0 heterocycles. The van der Waals surface area contributed by atoms with Crippen LogP contribution >= 0.6 is 0 Å². The van der Waals surface area contributed by atoms with E-state index in [1.54, 1.807) is 0 Å². The van der Waals surface area contributed by atoms with Crippen molar-refractivity contribution in [3.8, 4) is 0 Å². The highest BCUT2D eigenvalue weighted by molar-refractivity contribution is 7.86. The van der Waals surface area contributed by atoms with Crippen molar-refractivity contribution in [3.05, 3.63) is 0 Å². The molecule has 62 valence electrons. The van der Waals surface area contributed by atoms with E-state index in [0.717, 1.165) is 13.8 Å². The van der Waals surface area contributed by atoms with E-state index in [4.69, 9.17) is 14.8 Å². The van der Waals surface area contributed by atoms with Crippen molar-refractivity contribution in [2.45, 2.75) is 24.9 Å². The van der Waals surface area contributed by atoms with Gasteiger partial charge in [-0.1, -0.05) is 0 Å². The average molecular weight is 170 g/mol. The fourth-order valence-electron chi connectivity index (χ4n) is 0.282. The number of aliphatic hydroxyl groups is 2. The largest absolute Gasteiger partial charge is 0.365 e. The summed E-state index contributed by atoms with van der Waals surface area (Å²) in [5, 5.41) is 15.7. The summed E-state index contributed by atoms with van der Waals surface area (Å²) in [4.78, 5) is 0. The van der Waals surface area contributed by atoms with Gasteiger partial charge in [0, 0.05) is 0 Å². The highest BCUT2D eigenvalue weighted by atomic mass is 32.2. The molecule has 0 amide bonds. The molecule has 0 radical (unpaired) electrons. The molecule has 0 fully saturated rings. The van der Waals surface area contributed by atoms with Gasteiger partial charge in [-0.15, -0.1) is 0 Å². The van der Waals surface area contributed by atoms with Crippen molar-refractivity contribution in [1.82, 2.24) is 0 Å². The van der Waals surface area contributed by atoms with Gasteiger partial charge < -0.3 is 10.2 Å². The Morgan fingerprint density at radius 1 is 1.40 bits per heavy atom. The number of rotatable bonds is 2. The molecule has 0 bridgehead atoms. The van der Waals surface area contributed by atoms with Crippen LogP contribution in [0.5, 0.6) is 0 Å². The Bertz CT molecular complexity index is 198. The van der Waals surface area contributed by atoms with Crippen LogP contribution in [0.4, 0.5) is 0 Å². The molecule has 0 aliphatic rings. The summed E-state index contributed by atoms with van der Waals surface area (Å²) in [5.74, 6) is -2.40. The molecule has 3 N–H and O–H groups in total. The summed E-state index contributed by atoms with van der Waals surface area (Å²) < 4.78 is 28.7. The van der Waals surface area contributed by atoms with Crippen LogP contribution in [-0.4, -0.2) is 34.2 Å². The smallest absolute Gasteiger partial charge is 0.272 e. The van der Waals surface area contributed by atoms with Crippen molar-refractivity contribution in [2.24, 2.45) is 0 Å². The third-order valence-electron chi connectivity index (χ3n) is 1.22. The Kier molecular flexibility index (Phi) is 2.42. The van der Waals surface area contributed by atoms with Crippen LogP contribution in [0.1, 0.15) is 13.8 Å². The molecule has 0 aliphatic heterocycles. The van der Waals surface area contributed by atoms with E-state index < -0.39 is 21.2 Å². The lowest BCUT2D eigenvalue weighted by Gasteiger charge is -2.20. The molecule has 0 saturated heterocycles. The van der Waals surface area contributed by atoms with Crippen LogP contribution in [0.25, 0.3) is 0 Å². The molecule has 5 nitrogen and oxygen atoms in total. The lowest BCUT2D eigenvalue weighted by atomic mass is 10.2. The van der Waals surface area contributed by atoms with Gasteiger partial charge in [0.15, 0.2) is 5.79 Å². The van der Waals surface area contributed by atoms with Crippen molar-refractivity contribution in [3.63, 3.8) is 0 Å². The molecule has 0 aromatic heterocycles. The summed E-state index contributed by atoms with van der Waals surface area (Å²) in [7, 11) is -4.36. The van der Waals surface area contributed by atoms with Gasteiger partial charge in [-0.05, 0) is 13.8 Å². The van der Waals surface area contributed by atoms with Gasteiger partial charge in [-0.25, -0.2) is 0 Å². The highest BCUT2D eigenvalue weighted by Crippen LogP contribution is 2.11. The first kappa shape index (κ1) is 9.83. The molecular formula is C4H10O5S. The zero-order chi connectivity index (χ0) is 8.58. The Labute approximate surface area is 59.1 Å². The first-order chi connectivity index (χ1) is 4.15. The van der Waals surface area contributed by atoms with Gasteiger partial charge in [-0.2, -0.15) is 8.42 Å². The zero-order valence-electron chi connectivity index (χ0n) is 5.64. The average Bonchev–Trinajstić information content (AvgIpc) is 1.59. The van der Waals surface area contributed by atoms with Crippen LogP contribution in [0.3, 0.4) is 0 Å². The summed E-state index contributed by atoms with van der Waals surface area (Å²) in [6.07, 6.45) is 0. The van der Waals surface area contributed by atoms with E-state index in [0.29, 0.717) is 0 Å². The second-order valence-corrected chi connectivity index (χ2v) is 3.99. The molecule has 1 atom stereocenters. The Hall–Kier alpha value is -0.170. The van der Waals surface area contributed by atoms with Gasteiger partial charge in [0.05, 0.1) is 0 Å². The van der Waals surface area contributed by atoms with Gasteiger partial charge in [0.1, 0.15) is 5.25 Å². The minimum Gasteiger partial charge on any atom is -0.365 e. The van der Waals surface area contributed by atoms with Gasteiger partial charge >= 0.3 is 0 Å². The first-order valence-electron chi connectivity index (χ1n) is 2.56. The van der Waals surface area contributed by atoms with Gasteiger partial charge in [-0.3, -0.25) is 4.55 Å². The molecule has 0 aliphatic carbocycles. The third kappa shape index (κ3) is 2.61. The lowest BCUT2D eigenvalue weighted by molar-refractivity contribution is -0.143. The van der Waals surface area contributed by atoms with E-state index in [-0.39, 0.29) is 0 Å². The molecule has 1 unspecified atom stereocenters. The minimum absolute atomic E-state index is 0.880. The molecule has 0 spiro atoms. The Balaban J connectivity index is 4.56. The van der Waals surface area contributed by atoms with Crippen molar-refractivity contribution < 1.29 is 23.2 Å². The summed E-state index contributed by atoms with van der Waals surface area (Å²) in [6.45, 7) is 1.88. The molecular weight excluding hydrogens is 160 g/mol. The number of hydrogen-bond donors (Lipinski definition) is 3. The second kappa shape index (κ2) is 2.46. The summed E-state index contributed by atoms with van der Waals surface area (Å²) in [6, 6.07) is 0. The molecule has 0 rings (SSSR count). The lowest BCUT2D eigenvalue weighted by Crippen LogP contribution is -2.41. The topological polar surface area (TPSA) is 94.8 Å². The van der Waals surface area contributed by atoms with Gasteiger partial charge in [0.25, 0.3) is 10.1 Å². The minimum atomic E-state index is -4.36. The van der Waals surface area contributed by atoms with Crippen LogP contribution in [0, 0.1) is 0 Å². The number of hydrogen-bond acceptors (Lipinski definition) is 4. The Morgan fingerprint density at radius 3 is 1.70 bits per heavy atom. The summed E-state index contributed by atoms with van der Waals surface area (Å²) in [5.41, 5.74) is 0. The van der Waals surface area contributed by atoms with Crippen LogP contribution in [0.15, 0.2) is 0 Å². The fraction of sp³-hybridized carbons (Fsp3) is 1.00. The first-order valence-corrected chi connectivity index (χ1v) is 4.07. The quantitative estimate of drug-likeness (QED) is 0.363. The highest BCUT2D eigenvalue weighted by Gasteiger charge is 2.34. The zero-order valence-corrected chi connectivity index (χ0v) is 6.46. The van der Waals surface area contributed by atoms with Crippen LogP contribution < -0.4 is 0 Å². The Morgan fingerprint density at radius 2 is 1.70 bits per heavy atom. The predicted octanol–water partition coefficient (Wildman–Crippen LogP) is -1.04. The second-order valence-electron chi connectivity index (χ2n) is 2.25. The fourth-order valence-corrected chi connectivity index (χ4v) is 0.846. The predicted molar refractivity (Wildman–Crippen MR) is 33.9 cm³/mol. The standard InChI is InChI=1S/C4H10O5S/c1-3(4(2,5)6)10(7,8)9/h3,5-6H,1-2H3,(H,7,8,9). The van der Waals surface area contributed by atoms with E-state index >= 15 is 0 Å². The molecule has 0 aromatic rings. The SMILES string of the molecule is CC(C(C)(O)O)S(=O)(=O)O. The van der Waals surface area contributed by atoms with Crippen LogP contribution in [-0.2, 0) is 10.1 Å². The molecule has 0 aromatic carbocycles. The third-order valence-corrected chi connectivity index (χ3v) is 2.56. The van der Waals surface area contributed by atoms with E-state index in [2.05, 4.69) is 0 Å². The maximum absolute atomic E-state index is 10.2. The van der Waals surface area contributed by atoms with Crippen LogP contribution in [0.2, 0.25) is 0 Å². The van der Waals surface area contributed by atoms with E-state index in [9.17, 15) is 8.42 Å². The van der Waals surface area contributed by atoms with Crippen molar-refractivity contribution in [2.75, 3.05) is 0 Å². The molecule has 10 heavy (non-hydrogen) atoms. The maximum Gasteiger partial charge on any atom is 0.272 e. The maximum atomic E-state index is 10.2. The normalized spacial score (nSPS) is 16.9. The molecule has 6 heteroatoms. The van der Waals surface area contributed by atoms with Crippen molar-refractivity contribution in [1.29, 1.82) is 0 Å². The monoisotopic (exact) mass is 170 g/mol.